The molecule has 32 heavy (non-hydrogen) atoms. The largest absolute Gasteiger partial charge is 0.378 e. The van der Waals surface area contributed by atoms with Crippen molar-refractivity contribution in [2.75, 3.05) is 26.3 Å². The number of hydrogen-bond acceptors (Lipinski definition) is 5. The topological polar surface area (TPSA) is 117 Å². The van der Waals surface area contributed by atoms with Crippen LogP contribution in [0, 0.1) is 34.0 Å². The van der Waals surface area contributed by atoms with E-state index < -0.39 is 0 Å². The van der Waals surface area contributed by atoms with Crippen LogP contribution in [0.15, 0.2) is 24.3 Å². The molecule has 0 aliphatic carbocycles. The monoisotopic (exact) mass is 463 g/mol. The van der Waals surface area contributed by atoms with Crippen molar-refractivity contribution in [3.05, 3.63) is 67.8 Å². The molecule has 1 aromatic heterocycles. The fourth-order valence-electron chi connectivity index (χ4n) is 3.80. The molecule has 0 unspecified atom stereocenters. The number of carbonyl (C=O) groups excluding carboxylic acids is 1. The molecule has 1 fully saturated rings. The number of hydrogen-bond donors (Lipinski definition) is 1. The third-order valence-corrected chi connectivity index (χ3v) is 6.19. The first-order valence-corrected chi connectivity index (χ1v) is 10.5. The van der Waals surface area contributed by atoms with Gasteiger partial charge < -0.3 is 14.6 Å². The summed E-state index contributed by atoms with van der Waals surface area (Å²) in [5, 5.41) is 29.5. The van der Waals surface area contributed by atoms with Gasteiger partial charge in [-0.2, -0.15) is 15.8 Å². The Morgan fingerprint density at radius 2 is 1.78 bits per heavy atom. The number of nitrogens with one attached hydrogen (secondary N) is 1. The van der Waals surface area contributed by atoms with Gasteiger partial charge in [-0.15, -0.1) is 0 Å². The van der Waals surface area contributed by atoms with Gasteiger partial charge in [-0.1, -0.05) is 23.2 Å². The van der Waals surface area contributed by atoms with E-state index in [2.05, 4.69) is 4.98 Å². The van der Waals surface area contributed by atoms with Crippen molar-refractivity contribution in [2.45, 2.75) is 6.42 Å². The molecule has 7 nitrogen and oxygen atoms in total. The van der Waals surface area contributed by atoms with Crippen LogP contribution in [0.4, 0.5) is 0 Å². The third kappa shape index (κ3) is 3.77. The number of halogens is 2. The molecule has 0 bridgehead atoms. The number of nitrogens with zero attached hydrogens (tertiary/aromatic N) is 4. The summed E-state index contributed by atoms with van der Waals surface area (Å²) in [5.74, 6) is -0.183. The zero-order valence-corrected chi connectivity index (χ0v) is 18.2. The number of benzene rings is 2. The van der Waals surface area contributed by atoms with E-state index in [-0.39, 0.29) is 34.0 Å². The number of morpholine rings is 1. The molecule has 1 saturated heterocycles. The standard InChI is InChI=1S/C23H15Cl2N5O2/c24-20-2-1-15(23(31)30-3-5-32-6-4-30)22(25)17(20)9-14-8-16-19(12-28)18(11-27)13(10-26)7-21(16)29-14/h1-2,7-8,29H,3-6,9H2. The molecule has 2 aromatic carbocycles. The molecule has 0 saturated carbocycles. The summed E-state index contributed by atoms with van der Waals surface area (Å²) in [6.45, 7) is 1.95. The minimum absolute atomic E-state index is 0.0437. The average molecular weight is 464 g/mol. The fraction of sp³-hybridized carbons (Fsp3) is 0.217. The van der Waals surface area contributed by atoms with Crippen LogP contribution < -0.4 is 0 Å². The number of aromatic amines is 1. The van der Waals surface area contributed by atoms with Crippen molar-refractivity contribution in [3.8, 4) is 18.2 Å². The number of ether oxygens (including phenoxy) is 1. The Hall–Kier alpha value is -3.54. The van der Waals surface area contributed by atoms with Crippen molar-refractivity contribution in [1.82, 2.24) is 9.88 Å². The summed E-state index contributed by atoms with van der Waals surface area (Å²) in [4.78, 5) is 17.8. The highest BCUT2D eigenvalue weighted by Crippen LogP contribution is 2.33. The van der Waals surface area contributed by atoms with Crippen molar-refractivity contribution in [3.63, 3.8) is 0 Å². The molecule has 9 heteroatoms. The molecule has 0 atom stereocenters. The minimum atomic E-state index is -0.183. The van der Waals surface area contributed by atoms with Gasteiger partial charge in [-0.3, -0.25) is 4.79 Å². The second kappa shape index (κ2) is 8.91. The Balaban J connectivity index is 1.75. The second-order valence-corrected chi connectivity index (χ2v) is 8.02. The maximum absolute atomic E-state index is 12.9. The van der Waals surface area contributed by atoms with Gasteiger partial charge in [0.15, 0.2) is 0 Å². The van der Waals surface area contributed by atoms with Crippen molar-refractivity contribution in [1.29, 1.82) is 15.8 Å². The summed E-state index contributed by atoms with van der Waals surface area (Å²) in [7, 11) is 0. The SMILES string of the molecule is N#Cc1cc2[nH]c(Cc3c(Cl)ccc(C(=O)N4CCOCC4)c3Cl)cc2c(C#N)c1C#N. The zero-order chi connectivity index (χ0) is 22.8. The summed E-state index contributed by atoms with van der Waals surface area (Å²) in [6.07, 6.45) is 0.269. The molecular weight excluding hydrogens is 449 g/mol. The lowest BCUT2D eigenvalue weighted by atomic mass is 9.99. The fourth-order valence-corrected chi connectivity index (χ4v) is 4.39. The van der Waals surface area contributed by atoms with E-state index in [0.717, 1.165) is 0 Å². The number of aromatic nitrogens is 1. The highest BCUT2D eigenvalue weighted by Gasteiger charge is 2.24. The average Bonchev–Trinajstić information content (AvgIpc) is 3.22. The lowest BCUT2D eigenvalue weighted by molar-refractivity contribution is 0.0303. The molecule has 0 spiro atoms. The van der Waals surface area contributed by atoms with Crippen molar-refractivity contribution >= 4 is 40.0 Å². The number of fused-ring (bicyclic) bond motifs is 1. The van der Waals surface area contributed by atoms with Gasteiger partial charge in [0, 0.05) is 41.1 Å². The number of H-pyrrole nitrogens is 1. The first-order valence-electron chi connectivity index (χ1n) is 9.71. The third-order valence-electron chi connectivity index (χ3n) is 5.41. The summed E-state index contributed by atoms with van der Waals surface area (Å²) < 4.78 is 5.30. The van der Waals surface area contributed by atoms with Gasteiger partial charge in [0.25, 0.3) is 5.91 Å². The van der Waals surface area contributed by atoms with Gasteiger partial charge in [0.1, 0.15) is 18.2 Å². The Kier molecular flexibility index (Phi) is 6.04. The van der Waals surface area contributed by atoms with E-state index in [4.69, 9.17) is 27.9 Å². The van der Waals surface area contributed by atoms with Crippen LogP contribution in [-0.4, -0.2) is 42.1 Å². The van der Waals surface area contributed by atoms with Crippen molar-refractivity contribution in [2.24, 2.45) is 0 Å². The molecule has 158 valence electrons. The van der Waals surface area contributed by atoms with E-state index in [0.29, 0.717) is 59.0 Å². The molecule has 2 heterocycles. The summed E-state index contributed by atoms with van der Waals surface area (Å²) in [6, 6.07) is 12.4. The van der Waals surface area contributed by atoms with E-state index in [1.54, 1.807) is 29.2 Å². The van der Waals surface area contributed by atoms with Gasteiger partial charge in [-0.05, 0) is 29.8 Å². The van der Waals surface area contributed by atoms with Crippen LogP contribution in [0.1, 0.15) is 38.3 Å². The zero-order valence-electron chi connectivity index (χ0n) is 16.7. The molecule has 0 radical (unpaired) electrons. The Morgan fingerprint density at radius 1 is 1.06 bits per heavy atom. The van der Waals surface area contributed by atoms with Crippen LogP contribution in [0.25, 0.3) is 10.9 Å². The van der Waals surface area contributed by atoms with Crippen LogP contribution in [0.3, 0.4) is 0 Å². The molecule has 1 amide bonds. The number of nitriles is 3. The lowest BCUT2D eigenvalue weighted by Crippen LogP contribution is -2.40. The minimum Gasteiger partial charge on any atom is -0.378 e. The van der Waals surface area contributed by atoms with Gasteiger partial charge in [0.05, 0.1) is 40.5 Å². The number of carbonyl (C=O) groups is 1. The first kappa shape index (κ1) is 21.7. The molecule has 3 aromatic rings. The molecule has 4 rings (SSSR count). The predicted octanol–water partition coefficient (Wildman–Crippen LogP) is 4.15. The van der Waals surface area contributed by atoms with E-state index in [9.17, 15) is 20.6 Å². The number of amides is 1. The summed E-state index contributed by atoms with van der Waals surface area (Å²) in [5.41, 5.74) is 2.47. The first-order chi connectivity index (χ1) is 15.5. The molecule has 1 aliphatic rings. The Labute approximate surface area is 193 Å². The van der Waals surface area contributed by atoms with Gasteiger partial charge >= 0.3 is 0 Å². The second-order valence-electron chi connectivity index (χ2n) is 7.23. The van der Waals surface area contributed by atoms with E-state index in [1.807, 2.05) is 18.2 Å². The number of rotatable bonds is 3. The van der Waals surface area contributed by atoms with Crippen LogP contribution in [0.2, 0.25) is 10.0 Å². The normalized spacial score (nSPS) is 13.4. The maximum Gasteiger partial charge on any atom is 0.255 e. The maximum atomic E-state index is 12.9. The van der Waals surface area contributed by atoms with Crippen LogP contribution >= 0.6 is 23.2 Å². The van der Waals surface area contributed by atoms with Crippen molar-refractivity contribution < 1.29 is 9.53 Å². The Bertz CT molecular complexity index is 1370. The predicted molar refractivity (Wildman–Crippen MR) is 118 cm³/mol. The highest BCUT2D eigenvalue weighted by molar-refractivity contribution is 6.38. The molecular formula is C23H15Cl2N5O2. The molecule has 1 N–H and O–H groups in total. The van der Waals surface area contributed by atoms with Crippen LogP contribution in [-0.2, 0) is 11.2 Å². The Morgan fingerprint density at radius 3 is 2.44 bits per heavy atom. The van der Waals surface area contributed by atoms with E-state index >= 15 is 0 Å². The lowest BCUT2D eigenvalue weighted by Gasteiger charge is -2.27. The molecule has 1 aliphatic heterocycles. The van der Waals surface area contributed by atoms with Crippen LogP contribution in [0.5, 0.6) is 0 Å². The highest BCUT2D eigenvalue weighted by atomic mass is 35.5. The smallest absolute Gasteiger partial charge is 0.255 e. The van der Waals surface area contributed by atoms with Gasteiger partial charge in [-0.25, -0.2) is 0 Å². The summed E-state index contributed by atoms with van der Waals surface area (Å²) >= 11 is 13.0. The van der Waals surface area contributed by atoms with Gasteiger partial charge in [0.2, 0.25) is 0 Å². The quantitative estimate of drug-likeness (QED) is 0.625. The van der Waals surface area contributed by atoms with E-state index in [1.165, 1.54) is 0 Å².